The first-order valence-corrected chi connectivity index (χ1v) is 4.92. The summed E-state index contributed by atoms with van der Waals surface area (Å²) in [5.74, 6) is 0. The average molecular weight is 190 g/mol. The molecule has 0 bridgehead atoms. The average Bonchev–Trinajstić information content (AvgIpc) is 2.48. The van der Waals surface area contributed by atoms with Crippen molar-refractivity contribution in [3.63, 3.8) is 0 Å². The predicted octanol–water partition coefficient (Wildman–Crippen LogP) is 2.70. The van der Waals surface area contributed by atoms with Crippen molar-refractivity contribution in [2.45, 2.75) is 6.92 Å². The third-order valence-electron chi connectivity index (χ3n) is 1.92. The summed E-state index contributed by atoms with van der Waals surface area (Å²) in [6.45, 7) is 2.05. The molecule has 3 heteroatoms. The van der Waals surface area contributed by atoms with Gasteiger partial charge in [-0.15, -0.1) is 11.3 Å². The van der Waals surface area contributed by atoms with Crippen molar-refractivity contribution in [1.82, 2.24) is 4.98 Å². The van der Waals surface area contributed by atoms with Gasteiger partial charge in [0.15, 0.2) is 0 Å². The fourth-order valence-corrected chi connectivity index (χ4v) is 2.11. The van der Waals surface area contributed by atoms with Crippen LogP contribution in [0.3, 0.4) is 0 Å². The van der Waals surface area contributed by atoms with Gasteiger partial charge in [0, 0.05) is 11.8 Å². The lowest BCUT2D eigenvalue weighted by Crippen LogP contribution is -1.87. The van der Waals surface area contributed by atoms with Gasteiger partial charge in [0.25, 0.3) is 0 Å². The second kappa shape index (κ2) is 3.18. The van der Waals surface area contributed by atoms with Crippen molar-refractivity contribution < 1.29 is 0 Å². The zero-order chi connectivity index (χ0) is 9.26. The zero-order valence-corrected chi connectivity index (χ0v) is 8.14. The van der Waals surface area contributed by atoms with Crippen LogP contribution < -0.4 is 5.73 Å². The van der Waals surface area contributed by atoms with E-state index in [0.29, 0.717) is 0 Å². The van der Waals surface area contributed by atoms with Gasteiger partial charge in [-0.2, -0.15) is 0 Å². The maximum absolute atomic E-state index is 5.85. The lowest BCUT2D eigenvalue weighted by atomic mass is 10.1. The molecule has 2 aromatic rings. The number of thiophene rings is 1. The molecule has 2 heterocycles. The van der Waals surface area contributed by atoms with Crippen LogP contribution in [0.15, 0.2) is 29.8 Å². The van der Waals surface area contributed by atoms with Crippen LogP contribution in [-0.4, -0.2) is 4.98 Å². The highest BCUT2D eigenvalue weighted by molar-refractivity contribution is 7.14. The first-order valence-electron chi connectivity index (χ1n) is 4.04. The van der Waals surface area contributed by atoms with E-state index in [4.69, 9.17) is 5.73 Å². The van der Waals surface area contributed by atoms with Crippen LogP contribution in [0.5, 0.6) is 0 Å². The standard InChI is InChI=1S/C10H10N2S/c1-7-6-13-10(11)9(7)8-4-2-3-5-12-8/h2-6H,11H2,1H3. The molecule has 0 amide bonds. The van der Waals surface area contributed by atoms with Crippen molar-refractivity contribution >= 4 is 16.3 Å². The second-order valence-corrected chi connectivity index (χ2v) is 3.78. The van der Waals surface area contributed by atoms with Crippen molar-refractivity contribution in [2.75, 3.05) is 5.73 Å². The number of aryl methyl sites for hydroxylation is 1. The van der Waals surface area contributed by atoms with Crippen LogP contribution in [0.1, 0.15) is 5.56 Å². The molecule has 0 aliphatic carbocycles. The van der Waals surface area contributed by atoms with E-state index in [-0.39, 0.29) is 0 Å². The molecule has 0 atom stereocenters. The van der Waals surface area contributed by atoms with E-state index in [1.165, 1.54) is 5.56 Å². The van der Waals surface area contributed by atoms with Crippen LogP contribution in [0, 0.1) is 6.92 Å². The molecular formula is C10H10N2S. The molecule has 2 nitrogen and oxygen atoms in total. The lowest BCUT2D eigenvalue weighted by molar-refractivity contribution is 1.32. The summed E-state index contributed by atoms with van der Waals surface area (Å²) in [5, 5.41) is 2.90. The topological polar surface area (TPSA) is 38.9 Å². The van der Waals surface area contributed by atoms with Gasteiger partial charge in [-0.1, -0.05) is 6.07 Å². The summed E-state index contributed by atoms with van der Waals surface area (Å²) in [7, 11) is 0. The van der Waals surface area contributed by atoms with E-state index >= 15 is 0 Å². The second-order valence-electron chi connectivity index (χ2n) is 2.87. The quantitative estimate of drug-likeness (QED) is 0.751. The Hall–Kier alpha value is -1.35. The van der Waals surface area contributed by atoms with Gasteiger partial charge in [-0.25, -0.2) is 0 Å². The zero-order valence-electron chi connectivity index (χ0n) is 7.32. The third-order valence-corrected chi connectivity index (χ3v) is 2.85. The normalized spacial score (nSPS) is 10.2. The Kier molecular flexibility index (Phi) is 2.02. The molecule has 0 aliphatic heterocycles. The fraction of sp³-hybridized carbons (Fsp3) is 0.100. The summed E-state index contributed by atoms with van der Waals surface area (Å²) >= 11 is 1.56. The highest BCUT2D eigenvalue weighted by Crippen LogP contribution is 2.32. The Morgan fingerprint density at radius 3 is 2.77 bits per heavy atom. The predicted molar refractivity (Wildman–Crippen MR) is 56.7 cm³/mol. The summed E-state index contributed by atoms with van der Waals surface area (Å²) in [5.41, 5.74) is 9.08. The van der Waals surface area contributed by atoms with E-state index in [9.17, 15) is 0 Å². The molecule has 0 aromatic carbocycles. The molecule has 0 saturated carbocycles. The summed E-state index contributed by atoms with van der Waals surface area (Å²) in [4.78, 5) is 4.27. The van der Waals surface area contributed by atoms with Crippen LogP contribution in [0.4, 0.5) is 5.00 Å². The first kappa shape index (κ1) is 8.26. The lowest BCUT2D eigenvalue weighted by Gasteiger charge is -1.99. The van der Waals surface area contributed by atoms with E-state index in [1.54, 1.807) is 17.5 Å². The van der Waals surface area contributed by atoms with Crippen LogP contribution in [-0.2, 0) is 0 Å². The Labute approximate surface area is 81.1 Å². The number of nitrogens with two attached hydrogens (primary N) is 1. The van der Waals surface area contributed by atoms with Gasteiger partial charge in [0.2, 0.25) is 0 Å². The van der Waals surface area contributed by atoms with E-state index in [2.05, 4.69) is 17.3 Å². The molecule has 66 valence electrons. The minimum atomic E-state index is 0.844. The van der Waals surface area contributed by atoms with Crippen LogP contribution in [0.2, 0.25) is 0 Å². The number of aromatic nitrogens is 1. The number of pyridine rings is 1. The van der Waals surface area contributed by atoms with Crippen LogP contribution >= 0.6 is 11.3 Å². The smallest absolute Gasteiger partial charge is 0.0954 e. The van der Waals surface area contributed by atoms with E-state index in [1.807, 2.05) is 18.2 Å². The molecule has 2 aromatic heterocycles. The molecule has 0 radical (unpaired) electrons. The fourth-order valence-electron chi connectivity index (χ4n) is 1.30. The van der Waals surface area contributed by atoms with E-state index in [0.717, 1.165) is 16.3 Å². The van der Waals surface area contributed by atoms with Gasteiger partial charge in [-0.05, 0) is 30.0 Å². The van der Waals surface area contributed by atoms with Gasteiger partial charge >= 0.3 is 0 Å². The summed E-state index contributed by atoms with van der Waals surface area (Å²) < 4.78 is 0. The number of rotatable bonds is 1. The molecule has 0 saturated heterocycles. The summed E-state index contributed by atoms with van der Waals surface area (Å²) in [6, 6.07) is 5.85. The number of nitrogens with zero attached hydrogens (tertiary/aromatic N) is 1. The number of anilines is 1. The van der Waals surface area contributed by atoms with Gasteiger partial charge in [0.1, 0.15) is 0 Å². The van der Waals surface area contributed by atoms with Gasteiger partial charge in [0.05, 0.1) is 10.7 Å². The molecular weight excluding hydrogens is 180 g/mol. The number of hydrogen-bond donors (Lipinski definition) is 1. The first-order chi connectivity index (χ1) is 6.29. The van der Waals surface area contributed by atoms with Crippen molar-refractivity contribution in [3.8, 4) is 11.3 Å². The van der Waals surface area contributed by atoms with Crippen LogP contribution in [0.25, 0.3) is 11.3 Å². The highest BCUT2D eigenvalue weighted by Gasteiger charge is 2.08. The molecule has 0 fully saturated rings. The largest absolute Gasteiger partial charge is 0.390 e. The highest BCUT2D eigenvalue weighted by atomic mass is 32.1. The monoisotopic (exact) mass is 190 g/mol. The Morgan fingerprint density at radius 2 is 2.23 bits per heavy atom. The van der Waals surface area contributed by atoms with Crippen molar-refractivity contribution in [3.05, 3.63) is 35.3 Å². The molecule has 0 unspecified atom stereocenters. The summed E-state index contributed by atoms with van der Waals surface area (Å²) in [6.07, 6.45) is 1.78. The SMILES string of the molecule is Cc1csc(N)c1-c1ccccn1. The maximum atomic E-state index is 5.85. The molecule has 0 spiro atoms. The molecule has 13 heavy (non-hydrogen) atoms. The number of nitrogen functional groups attached to an aromatic ring is 1. The third kappa shape index (κ3) is 1.42. The molecule has 0 aliphatic rings. The van der Waals surface area contributed by atoms with Crippen molar-refractivity contribution in [2.24, 2.45) is 0 Å². The van der Waals surface area contributed by atoms with Gasteiger partial charge in [-0.3, -0.25) is 4.98 Å². The number of hydrogen-bond acceptors (Lipinski definition) is 3. The minimum Gasteiger partial charge on any atom is -0.390 e. The molecule has 2 N–H and O–H groups in total. The maximum Gasteiger partial charge on any atom is 0.0954 e. The minimum absolute atomic E-state index is 0.844. The Balaban J connectivity index is 2.59. The Bertz CT molecular complexity index is 387. The molecule has 2 rings (SSSR count). The van der Waals surface area contributed by atoms with E-state index < -0.39 is 0 Å². The Morgan fingerprint density at radius 1 is 1.38 bits per heavy atom. The van der Waals surface area contributed by atoms with Gasteiger partial charge < -0.3 is 5.73 Å². The van der Waals surface area contributed by atoms with Crippen molar-refractivity contribution in [1.29, 1.82) is 0 Å².